The number of likely N-dealkylation sites (tertiary alicyclic amines) is 1. The minimum Gasteiger partial charge on any atom is -0.385 e. The predicted octanol–water partition coefficient (Wildman–Crippen LogP) is 3.22. The van der Waals surface area contributed by atoms with Gasteiger partial charge in [-0.15, -0.1) is 0 Å². The predicted molar refractivity (Wildman–Crippen MR) is 90.9 cm³/mol. The molecule has 0 unspecified atom stereocenters. The van der Waals surface area contributed by atoms with E-state index in [0.717, 1.165) is 36.6 Å². The molecule has 5 heteroatoms. The van der Waals surface area contributed by atoms with Crippen LogP contribution in [0.25, 0.3) is 0 Å². The lowest BCUT2D eigenvalue weighted by molar-refractivity contribution is -0.0278. The van der Waals surface area contributed by atoms with Crippen molar-refractivity contribution < 1.29 is 9.50 Å². The molecule has 0 bridgehead atoms. The van der Waals surface area contributed by atoms with Gasteiger partial charge in [-0.3, -0.25) is 4.90 Å². The van der Waals surface area contributed by atoms with Crippen LogP contribution in [0.4, 0.5) is 4.39 Å². The number of rotatable bonds is 4. The van der Waals surface area contributed by atoms with Gasteiger partial charge in [0.2, 0.25) is 0 Å². The van der Waals surface area contributed by atoms with Crippen LogP contribution in [0, 0.1) is 5.82 Å². The normalized spacial score (nSPS) is 18.0. The third-order valence-electron chi connectivity index (χ3n) is 4.71. The molecule has 0 amide bonds. The molecule has 2 aromatic rings. The molecule has 4 nitrogen and oxygen atoms in total. The molecule has 0 saturated carbocycles. The molecule has 1 N–H and O–H groups in total. The van der Waals surface area contributed by atoms with Crippen molar-refractivity contribution in [2.24, 2.45) is 0 Å². The molecule has 0 aliphatic carbocycles. The lowest BCUT2D eigenvalue weighted by Crippen LogP contribution is -2.42. The van der Waals surface area contributed by atoms with Gasteiger partial charge in [0.15, 0.2) is 0 Å². The zero-order valence-electron chi connectivity index (χ0n) is 14.2. The third kappa shape index (κ3) is 3.79. The van der Waals surface area contributed by atoms with Gasteiger partial charge in [0.05, 0.1) is 5.60 Å². The van der Waals surface area contributed by atoms with Crippen LogP contribution >= 0.6 is 0 Å². The molecule has 24 heavy (non-hydrogen) atoms. The van der Waals surface area contributed by atoms with E-state index in [1.165, 1.54) is 12.1 Å². The van der Waals surface area contributed by atoms with Gasteiger partial charge < -0.3 is 5.11 Å². The van der Waals surface area contributed by atoms with E-state index < -0.39 is 5.60 Å². The molecule has 2 heterocycles. The van der Waals surface area contributed by atoms with Crippen LogP contribution in [0.1, 0.15) is 49.6 Å². The van der Waals surface area contributed by atoms with Crippen LogP contribution in [0.5, 0.6) is 0 Å². The number of aromatic nitrogens is 2. The van der Waals surface area contributed by atoms with E-state index >= 15 is 0 Å². The second kappa shape index (κ2) is 6.95. The fraction of sp³-hybridized carbons (Fsp3) is 0.474. The van der Waals surface area contributed by atoms with Crippen molar-refractivity contribution in [2.45, 2.75) is 44.8 Å². The SMILES string of the molecule is CC(C)c1ncc(CN2CCC(O)(c3ccc(F)cc3)CC2)cn1. The van der Waals surface area contributed by atoms with E-state index in [1.807, 2.05) is 12.4 Å². The Morgan fingerprint density at radius 2 is 1.71 bits per heavy atom. The topological polar surface area (TPSA) is 49.2 Å². The van der Waals surface area contributed by atoms with Crippen LogP contribution in [0.3, 0.4) is 0 Å². The highest BCUT2D eigenvalue weighted by molar-refractivity contribution is 5.24. The van der Waals surface area contributed by atoms with Crippen LogP contribution < -0.4 is 0 Å². The molecule has 128 valence electrons. The van der Waals surface area contributed by atoms with Crippen molar-refractivity contribution in [3.63, 3.8) is 0 Å². The zero-order valence-corrected chi connectivity index (χ0v) is 14.2. The van der Waals surface area contributed by atoms with E-state index in [1.54, 1.807) is 12.1 Å². The van der Waals surface area contributed by atoms with Crippen LogP contribution in [-0.4, -0.2) is 33.1 Å². The summed E-state index contributed by atoms with van der Waals surface area (Å²) < 4.78 is 13.1. The Bertz CT molecular complexity index is 662. The van der Waals surface area contributed by atoms with Crippen molar-refractivity contribution in [2.75, 3.05) is 13.1 Å². The molecule has 1 aliphatic heterocycles. The first-order valence-corrected chi connectivity index (χ1v) is 8.48. The quantitative estimate of drug-likeness (QED) is 0.936. The summed E-state index contributed by atoms with van der Waals surface area (Å²) in [6, 6.07) is 6.19. The van der Waals surface area contributed by atoms with Crippen LogP contribution in [0.2, 0.25) is 0 Å². The molecule has 1 aromatic heterocycles. The van der Waals surface area contributed by atoms with Crippen molar-refractivity contribution in [3.8, 4) is 0 Å². The molecule has 1 fully saturated rings. The summed E-state index contributed by atoms with van der Waals surface area (Å²) in [5.41, 5.74) is 1.03. The number of benzene rings is 1. The van der Waals surface area contributed by atoms with E-state index in [0.29, 0.717) is 18.8 Å². The number of hydrogen-bond acceptors (Lipinski definition) is 4. The maximum atomic E-state index is 13.1. The van der Waals surface area contributed by atoms with E-state index in [4.69, 9.17) is 0 Å². The fourth-order valence-electron chi connectivity index (χ4n) is 3.13. The number of piperidine rings is 1. The van der Waals surface area contributed by atoms with Crippen LogP contribution in [-0.2, 0) is 12.1 Å². The Kier molecular flexibility index (Phi) is 4.92. The van der Waals surface area contributed by atoms with E-state index in [9.17, 15) is 9.50 Å². The molecular formula is C19H24FN3O. The summed E-state index contributed by atoms with van der Waals surface area (Å²) in [5.74, 6) is 0.924. The second-order valence-electron chi connectivity index (χ2n) is 6.92. The standard InChI is InChI=1S/C19H24FN3O/c1-14(2)18-21-11-15(12-22-18)13-23-9-7-19(24,8-10-23)16-3-5-17(20)6-4-16/h3-6,11-12,14,24H,7-10,13H2,1-2H3. The van der Waals surface area contributed by atoms with Crippen LogP contribution in [0.15, 0.2) is 36.7 Å². The highest BCUT2D eigenvalue weighted by Gasteiger charge is 2.33. The first-order chi connectivity index (χ1) is 11.5. The van der Waals surface area contributed by atoms with Crippen molar-refractivity contribution >= 4 is 0 Å². The van der Waals surface area contributed by atoms with E-state index in [-0.39, 0.29) is 5.82 Å². The van der Waals surface area contributed by atoms with Crippen molar-refractivity contribution in [1.82, 2.24) is 14.9 Å². The third-order valence-corrected chi connectivity index (χ3v) is 4.71. The fourth-order valence-corrected chi connectivity index (χ4v) is 3.13. The Morgan fingerprint density at radius 3 is 2.25 bits per heavy atom. The lowest BCUT2D eigenvalue weighted by atomic mass is 9.84. The maximum absolute atomic E-state index is 13.1. The molecular weight excluding hydrogens is 305 g/mol. The summed E-state index contributed by atoms with van der Waals surface area (Å²) in [5, 5.41) is 10.8. The molecule has 1 saturated heterocycles. The molecule has 0 spiro atoms. The minimum atomic E-state index is -0.859. The summed E-state index contributed by atoms with van der Waals surface area (Å²) in [4.78, 5) is 11.1. The largest absolute Gasteiger partial charge is 0.385 e. The highest BCUT2D eigenvalue weighted by Crippen LogP contribution is 2.33. The van der Waals surface area contributed by atoms with Crippen molar-refractivity contribution in [3.05, 3.63) is 59.4 Å². The summed E-state index contributed by atoms with van der Waals surface area (Å²) in [7, 11) is 0. The molecule has 3 rings (SSSR count). The minimum absolute atomic E-state index is 0.273. The van der Waals surface area contributed by atoms with Gasteiger partial charge >= 0.3 is 0 Å². The average molecular weight is 329 g/mol. The van der Waals surface area contributed by atoms with Gasteiger partial charge in [-0.05, 0) is 30.5 Å². The summed E-state index contributed by atoms with van der Waals surface area (Å²) >= 11 is 0. The highest BCUT2D eigenvalue weighted by atomic mass is 19.1. The zero-order chi connectivity index (χ0) is 17.2. The Hall–Kier alpha value is -1.85. The average Bonchev–Trinajstić information content (AvgIpc) is 2.58. The van der Waals surface area contributed by atoms with Gasteiger partial charge in [-0.2, -0.15) is 0 Å². The summed E-state index contributed by atoms with van der Waals surface area (Å²) in [6.07, 6.45) is 5.07. The number of halogens is 1. The first kappa shape index (κ1) is 17.0. The second-order valence-corrected chi connectivity index (χ2v) is 6.92. The molecule has 1 aromatic carbocycles. The lowest BCUT2D eigenvalue weighted by Gasteiger charge is -2.38. The molecule has 0 radical (unpaired) electrons. The first-order valence-electron chi connectivity index (χ1n) is 8.48. The van der Waals surface area contributed by atoms with Gasteiger partial charge in [-0.25, -0.2) is 14.4 Å². The molecule has 1 aliphatic rings. The Balaban J connectivity index is 1.59. The number of nitrogens with zero attached hydrogens (tertiary/aromatic N) is 3. The number of hydrogen-bond donors (Lipinski definition) is 1. The molecule has 0 atom stereocenters. The summed E-state index contributed by atoms with van der Waals surface area (Å²) in [6.45, 7) is 6.53. The number of aliphatic hydroxyl groups is 1. The maximum Gasteiger partial charge on any atom is 0.130 e. The van der Waals surface area contributed by atoms with Gasteiger partial charge in [0, 0.05) is 43.5 Å². The monoisotopic (exact) mass is 329 g/mol. The van der Waals surface area contributed by atoms with Crippen molar-refractivity contribution in [1.29, 1.82) is 0 Å². The van der Waals surface area contributed by atoms with Gasteiger partial charge in [-0.1, -0.05) is 26.0 Å². The van der Waals surface area contributed by atoms with Gasteiger partial charge in [0.25, 0.3) is 0 Å². The Labute approximate surface area is 142 Å². The Morgan fingerprint density at radius 1 is 1.12 bits per heavy atom. The smallest absolute Gasteiger partial charge is 0.130 e. The van der Waals surface area contributed by atoms with Gasteiger partial charge in [0.1, 0.15) is 11.6 Å². The van der Waals surface area contributed by atoms with E-state index in [2.05, 4.69) is 28.7 Å².